The predicted molar refractivity (Wildman–Crippen MR) is 104 cm³/mol. The Labute approximate surface area is 164 Å². The second-order valence-electron chi connectivity index (χ2n) is 7.17. The summed E-state index contributed by atoms with van der Waals surface area (Å²) in [5.74, 6) is -0.0473. The van der Waals surface area contributed by atoms with Gasteiger partial charge in [0.15, 0.2) is 6.17 Å². The molecular weight excluding hydrogens is 389 g/mol. The van der Waals surface area contributed by atoms with Crippen LogP contribution in [0.25, 0.3) is 0 Å². The van der Waals surface area contributed by atoms with Crippen molar-refractivity contribution in [2.45, 2.75) is 39.9 Å². The summed E-state index contributed by atoms with van der Waals surface area (Å²) in [6.07, 6.45) is 2.55. The summed E-state index contributed by atoms with van der Waals surface area (Å²) < 4.78 is 33.5. The third kappa shape index (κ3) is 6.10. The number of ether oxygens (including phenoxy) is 2. The average molecular weight is 417 g/mol. The number of aliphatic imine (C=N–C) groups is 3. The molecule has 3 unspecified atom stereocenters. The van der Waals surface area contributed by atoms with Crippen LogP contribution < -0.4 is 5.73 Å². The van der Waals surface area contributed by atoms with Gasteiger partial charge in [-0.05, 0) is 27.7 Å². The maximum atomic E-state index is 12.7. The molecule has 2 N–H and O–H groups in total. The number of amidine groups is 1. The van der Waals surface area contributed by atoms with E-state index in [0.29, 0.717) is 12.4 Å². The molecule has 2 aliphatic rings. The molecule has 0 aliphatic carbocycles. The highest BCUT2D eigenvalue weighted by Gasteiger charge is 2.34. The lowest BCUT2D eigenvalue weighted by Crippen LogP contribution is -2.44. The van der Waals surface area contributed by atoms with Gasteiger partial charge in [0.2, 0.25) is 6.79 Å². The van der Waals surface area contributed by atoms with E-state index in [9.17, 15) is 9.36 Å². The zero-order chi connectivity index (χ0) is 20.8. The summed E-state index contributed by atoms with van der Waals surface area (Å²) in [4.78, 5) is 26.1. The van der Waals surface area contributed by atoms with Gasteiger partial charge in [0.05, 0.1) is 25.0 Å². The minimum atomic E-state index is -3.55. The molecule has 0 spiro atoms. The first-order valence-corrected chi connectivity index (χ1v) is 10.7. The van der Waals surface area contributed by atoms with Gasteiger partial charge in [-0.1, -0.05) is 0 Å². The van der Waals surface area contributed by atoms with Gasteiger partial charge in [0.25, 0.3) is 0 Å². The molecule has 2 heterocycles. The first-order valence-electron chi connectivity index (χ1n) is 8.93. The number of fused-ring (bicyclic) bond motifs is 1. The van der Waals surface area contributed by atoms with Crippen molar-refractivity contribution in [2.24, 2.45) is 26.1 Å². The fourth-order valence-electron chi connectivity index (χ4n) is 2.35. The van der Waals surface area contributed by atoms with E-state index in [1.807, 2.05) is 4.90 Å². The van der Waals surface area contributed by atoms with Gasteiger partial charge in [-0.3, -0.25) is 18.9 Å². The number of hydrogen-bond acceptors (Lipinski definition) is 11. The van der Waals surface area contributed by atoms with Crippen LogP contribution in [0.2, 0.25) is 0 Å². The van der Waals surface area contributed by atoms with Crippen LogP contribution in [0.4, 0.5) is 0 Å². The number of nitrogens with zero attached hydrogens (tertiary/aromatic N) is 4. The predicted octanol–water partition coefficient (Wildman–Crippen LogP) is 1.19. The van der Waals surface area contributed by atoms with Crippen molar-refractivity contribution in [1.82, 2.24) is 4.90 Å². The van der Waals surface area contributed by atoms with E-state index in [1.165, 1.54) is 6.34 Å². The van der Waals surface area contributed by atoms with E-state index in [4.69, 9.17) is 24.3 Å². The highest BCUT2D eigenvalue weighted by Crippen LogP contribution is 2.48. The second-order valence-corrected chi connectivity index (χ2v) is 9.17. The quantitative estimate of drug-likeness (QED) is 0.242. The van der Waals surface area contributed by atoms with E-state index < -0.39 is 25.8 Å². The molecule has 2 rings (SSSR count). The molecule has 0 saturated carbocycles. The molecular formula is C16H28N5O6P. The zero-order valence-corrected chi connectivity index (χ0v) is 17.5. The fraction of sp³-hybridized carbons (Fsp3) is 0.750. The SMILES string of the molecule is CCOP(=O)(COCCN1C=NC2C(N)=NC=NC21)OCOC(=O)C(C)(C)C. The first-order chi connectivity index (χ1) is 13.2. The maximum Gasteiger partial charge on any atom is 0.358 e. The molecule has 2 aliphatic heterocycles. The molecule has 0 aromatic rings. The van der Waals surface area contributed by atoms with E-state index in [2.05, 4.69) is 15.0 Å². The van der Waals surface area contributed by atoms with Crippen LogP contribution in [-0.2, 0) is 27.9 Å². The van der Waals surface area contributed by atoms with Crippen molar-refractivity contribution in [3.63, 3.8) is 0 Å². The van der Waals surface area contributed by atoms with E-state index in [1.54, 1.807) is 34.0 Å². The Kier molecular flexibility index (Phi) is 7.70. The highest BCUT2D eigenvalue weighted by molar-refractivity contribution is 7.53. The Morgan fingerprint density at radius 1 is 1.32 bits per heavy atom. The van der Waals surface area contributed by atoms with Gasteiger partial charge >= 0.3 is 13.6 Å². The minimum absolute atomic E-state index is 0.170. The van der Waals surface area contributed by atoms with Crippen LogP contribution in [0.5, 0.6) is 0 Å². The molecule has 0 radical (unpaired) electrons. The summed E-state index contributed by atoms with van der Waals surface area (Å²) in [6.45, 7) is 7.22. The van der Waals surface area contributed by atoms with Crippen molar-refractivity contribution in [3.05, 3.63) is 0 Å². The number of carbonyl (C=O) groups is 1. The van der Waals surface area contributed by atoms with Crippen LogP contribution in [0.1, 0.15) is 27.7 Å². The average Bonchev–Trinajstić information content (AvgIpc) is 3.03. The first kappa shape index (κ1) is 22.5. The van der Waals surface area contributed by atoms with Crippen molar-refractivity contribution >= 4 is 32.1 Å². The number of rotatable bonds is 10. The molecule has 0 fully saturated rings. The smallest absolute Gasteiger partial charge is 0.358 e. The summed E-state index contributed by atoms with van der Waals surface area (Å²) in [6, 6.07) is -0.291. The van der Waals surface area contributed by atoms with Crippen LogP contribution in [0, 0.1) is 5.41 Å². The van der Waals surface area contributed by atoms with E-state index in [-0.39, 0.29) is 31.8 Å². The Morgan fingerprint density at radius 2 is 2.07 bits per heavy atom. The monoisotopic (exact) mass is 417 g/mol. The van der Waals surface area contributed by atoms with Crippen molar-refractivity contribution < 1.29 is 27.9 Å². The molecule has 12 heteroatoms. The number of carbonyl (C=O) groups excluding carboxylic acids is 1. The topological polar surface area (TPSA) is 137 Å². The van der Waals surface area contributed by atoms with Crippen molar-refractivity contribution in [2.75, 3.05) is 32.9 Å². The second kappa shape index (κ2) is 9.60. The highest BCUT2D eigenvalue weighted by atomic mass is 31.2. The standard InChI is InChI=1S/C16H28N5O6P/c1-5-26-28(23,27-10-25-15(22)16(2,3)4)11-24-7-6-21-9-20-12-13(17)18-8-19-14(12)21/h8-9,12,14H,5-7,10-11H2,1-4H3,(H2,17,18,19). The lowest BCUT2D eigenvalue weighted by molar-refractivity contribution is -0.160. The van der Waals surface area contributed by atoms with Gasteiger partial charge in [-0.2, -0.15) is 0 Å². The molecule has 28 heavy (non-hydrogen) atoms. The van der Waals surface area contributed by atoms with Gasteiger partial charge in [-0.15, -0.1) is 0 Å². The Bertz CT molecular complexity index is 690. The summed E-state index contributed by atoms with van der Waals surface area (Å²) in [7, 11) is -3.55. The molecule has 11 nitrogen and oxygen atoms in total. The van der Waals surface area contributed by atoms with Gasteiger partial charge in [0.1, 0.15) is 24.6 Å². The Balaban J connectivity index is 1.75. The summed E-state index contributed by atoms with van der Waals surface area (Å²) in [5.41, 5.74) is 5.12. The number of nitrogens with two attached hydrogens (primary N) is 1. The maximum absolute atomic E-state index is 12.7. The molecule has 3 atom stereocenters. The van der Waals surface area contributed by atoms with Crippen LogP contribution >= 0.6 is 7.60 Å². The fourth-order valence-corrected chi connectivity index (χ4v) is 3.53. The Hall–Kier alpha value is -1.81. The van der Waals surface area contributed by atoms with E-state index in [0.717, 1.165) is 0 Å². The van der Waals surface area contributed by atoms with Crippen LogP contribution in [0.15, 0.2) is 15.0 Å². The molecule has 0 aromatic heterocycles. The lowest BCUT2D eigenvalue weighted by atomic mass is 9.98. The van der Waals surface area contributed by atoms with Gasteiger partial charge in [0, 0.05) is 6.54 Å². The third-order valence-corrected chi connectivity index (χ3v) is 5.50. The van der Waals surface area contributed by atoms with Crippen LogP contribution in [-0.4, -0.2) is 74.5 Å². The molecule has 158 valence electrons. The van der Waals surface area contributed by atoms with Crippen molar-refractivity contribution in [1.29, 1.82) is 0 Å². The lowest BCUT2D eigenvalue weighted by Gasteiger charge is -2.26. The molecule has 0 saturated heterocycles. The van der Waals surface area contributed by atoms with Crippen LogP contribution in [0.3, 0.4) is 0 Å². The largest absolute Gasteiger partial charge is 0.438 e. The van der Waals surface area contributed by atoms with Gasteiger partial charge in [-0.25, -0.2) is 9.98 Å². The molecule has 0 amide bonds. The minimum Gasteiger partial charge on any atom is -0.438 e. The van der Waals surface area contributed by atoms with E-state index >= 15 is 0 Å². The molecule has 0 aromatic carbocycles. The summed E-state index contributed by atoms with van der Waals surface area (Å²) in [5, 5.41) is 0. The van der Waals surface area contributed by atoms with Crippen molar-refractivity contribution in [3.8, 4) is 0 Å². The molecule has 0 bridgehead atoms. The summed E-state index contributed by atoms with van der Waals surface area (Å²) >= 11 is 0. The number of esters is 1. The zero-order valence-electron chi connectivity index (χ0n) is 16.6. The third-order valence-electron chi connectivity index (χ3n) is 3.85. The number of hydrogen-bond donors (Lipinski definition) is 1. The normalized spacial score (nSPS) is 23.3. The van der Waals surface area contributed by atoms with Gasteiger partial charge < -0.3 is 24.6 Å². The Morgan fingerprint density at radius 3 is 2.75 bits per heavy atom.